The number of carboxylic acid groups (broad SMARTS) is 1. The third-order valence-corrected chi connectivity index (χ3v) is 5.04. The van der Waals surface area contributed by atoms with E-state index in [9.17, 15) is 9.59 Å². The highest BCUT2D eigenvalue weighted by molar-refractivity contribution is 5.95. The average Bonchev–Trinajstić information content (AvgIpc) is 2.59. The van der Waals surface area contributed by atoms with Crippen molar-refractivity contribution < 1.29 is 14.3 Å². The molecule has 0 atom stereocenters. The van der Waals surface area contributed by atoms with Crippen LogP contribution < -0.4 is 10.5 Å². The number of carbonyl (C=O) groups is 1. The highest BCUT2D eigenvalue weighted by Gasteiger charge is 2.27. The predicted molar refractivity (Wildman–Crippen MR) is 107 cm³/mol. The van der Waals surface area contributed by atoms with Crippen molar-refractivity contribution in [3.05, 3.63) is 64.5 Å². The lowest BCUT2D eigenvalue weighted by atomic mass is 9.96. The van der Waals surface area contributed by atoms with Crippen LogP contribution in [-0.4, -0.2) is 23.7 Å². The quantitative estimate of drug-likeness (QED) is 0.676. The van der Waals surface area contributed by atoms with Crippen LogP contribution in [0.4, 0.5) is 5.69 Å². The number of carboxylic acids is 1. The van der Waals surface area contributed by atoms with E-state index in [0.29, 0.717) is 5.58 Å². The zero-order valence-corrected chi connectivity index (χ0v) is 15.9. The Labute approximate surface area is 157 Å². The maximum absolute atomic E-state index is 12.2. The lowest BCUT2D eigenvalue weighted by Gasteiger charge is -2.36. The largest absolute Gasteiger partial charge is 0.481 e. The molecule has 0 aliphatic carbocycles. The van der Waals surface area contributed by atoms with Crippen LogP contribution in [0.3, 0.4) is 0 Å². The van der Waals surface area contributed by atoms with Crippen LogP contribution in [0.15, 0.2) is 57.7 Å². The first-order valence-corrected chi connectivity index (χ1v) is 8.78. The second-order valence-corrected chi connectivity index (χ2v) is 7.42. The van der Waals surface area contributed by atoms with Crippen LogP contribution in [0.25, 0.3) is 22.1 Å². The van der Waals surface area contributed by atoms with Crippen molar-refractivity contribution >= 4 is 22.6 Å². The molecule has 0 fully saturated rings. The zero-order chi connectivity index (χ0) is 19.8. The molecule has 0 saturated carbocycles. The fourth-order valence-electron chi connectivity index (χ4n) is 3.30. The van der Waals surface area contributed by atoms with Crippen molar-refractivity contribution in [2.24, 2.45) is 0 Å². The van der Waals surface area contributed by atoms with Crippen LogP contribution >= 0.6 is 0 Å². The predicted octanol–water partition coefficient (Wildman–Crippen LogP) is 4.46. The highest BCUT2D eigenvalue weighted by Crippen LogP contribution is 2.33. The van der Waals surface area contributed by atoms with E-state index in [0.717, 1.165) is 27.8 Å². The molecule has 3 rings (SSSR count). The van der Waals surface area contributed by atoms with E-state index in [1.165, 1.54) is 6.07 Å². The minimum Gasteiger partial charge on any atom is -0.481 e. The summed E-state index contributed by atoms with van der Waals surface area (Å²) < 4.78 is 5.45. The van der Waals surface area contributed by atoms with Gasteiger partial charge in [0.2, 0.25) is 0 Å². The number of anilines is 1. The Bertz CT molecular complexity index is 1070. The van der Waals surface area contributed by atoms with Crippen LogP contribution in [0.1, 0.15) is 25.8 Å². The summed E-state index contributed by atoms with van der Waals surface area (Å²) >= 11 is 0. The normalized spacial score (nSPS) is 11.6. The number of hydrogen-bond donors (Lipinski definition) is 1. The standard InChI is InChI=1S/C22H23NO4/c1-14-7-5-6-8-16(14)18-12-21(26)27-19-11-15(9-10-17(18)19)23(4)22(2,3)13-20(24)25/h5-12H,13H2,1-4H3,(H,24,25). The van der Waals surface area contributed by atoms with Crippen LogP contribution in [0, 0.1) is 6.92 Å². The Morgan fingerprint density at radius 3 is 2.48 bits per heavy atom. The molecule has 0 spiro atoms. The molecule has 5 heteroatoms. The van der Waals surface area contributed by atoms with Crippen molar-refractivity contribution in [2.75, 3.05) is 11.9 Å². The Hall–Kier alpha value is -3.08. The average molecular weight is 365 g/mol. The van der Waals surface area contributed by atoms with E-state index in [1.807, 2.05) is 69.1 Å². The first-order valence-electron chi connectivity index (χ1n) is 8.78. The molecule has 140 valence electrons. The van der Waals surface area contributed by atoms with Gasteiger partial charge in [0.15, 0.2) is 0 Å². The van der Waals surface area contributed by atoms with E-state index in [-0.39, 0.29) is 6.42 Å². The minimum absolute atomic E-state index is 0.00522. The summed E-state index contributed by atoms with van der Waals surface area (Å²) in [5.74, 6) is -0.860. The number of aliphatic carboxylic acids is 1. The minimum atomic E-state index is -0.860. The summed E-state index contributed by atoms with van der Waals surface area (Å²) in [7, 11) is 1.84. The molecule has 0 bridgehead atoms. The van der Waals surface area contributed by atoms with Crippen molar-refractivity contribution in [3.63, 3.8) is 0 Å². The summed E-state index contributed by atoms with van der Waals surface area (Å²) in [6.45, 7) is 5.74. The Kier molecular flexibility index (Phi) is 4.79. The molecule has 0 aliphatic heterocycles. The van der Waals surface area contributed by atoms with Gasteiger partial charge in [-0.3, -0.25) is 4.79 Å². The van der Waals surface area contributed by atoms with Crippen LogP contribution in [0.5, 0.6) is 0 Å². The van der Waals surface area contributed by atoms with Gasteiger partial charge >= 0.3 is 11.6 Å². The lowest BCUT2D eigenvalue weighted by molar-refractivity contribution is -0.138. The number of aryl methyl sites for hydroxylation is 1. The molecule has 1 heterocycles. The summed E-state index contributed by atoms with van der Waals surface area (Å²) in [6, 6.07) is 15.1. The van der Waals surface area contributed by atoms with E-state index in [1.54, 1.807) is 6.07 Å². The molecule has 5 nitrogen and oxygen atoms in total. The van der Waals surface area contributed by atoms with Gasteiger partial charge in [-0.25, -0.2) is 4.79 Å². The lowest BCUT2D eigenvalue weighted by Crippen LogP contribution is -2.43. The van der Waals surface area contributed by atoms with Gasteiger partial charge in [-0.1, -0.05) is 24.3 Å². The topological polar surface area (TPSA) is 70.8 Å². The van der Waals surface area contributed by atoms with E-state index in [4.69, 9.17) is 9.52 Å². The molecule has 3 aromatic rings. The molecular formula is C22H23NO4. The first kappa shape index (κ1) is 18.7. The number of nitrogens with zero attached hydrogens (tertiary/aromatic N) is 1. The number of fused-ring (bicyclic) bond motifs is 1. The number of hydrogen-bond acceptors (Lipinski definition) is 4. The Morgan fingerprint density at radius 1 is 1.11 bits per heavy atom. The summed E-state index contributed by atoms with van der Waals surface area (Å²) in [6.07, 6.45) is -0.00522. The van der Waals surface area contributed by atoms with Gasteiger partial charge in [0.1, 0.15) is 5.58 Å². The molecule has 0 radical (unpaired) electrons. The fraction of sp³-hybridized carbons (Fsp3) is 0.273. The third-order valence-electron chi connectivity index (χ3n) is 5.04. The van der Waals surface area contributed by atoms with Crippen molar-refractivity contribution in [3.8, 4) is 11.1 Å². The van der Waals surface area contributed by atoms with Crippen LogP contribution in [0.2, 0.25) is 0 Å². The molecule has 0 saturated heterocycles. The zero-order valence-electron chi connectivity index (χ0n) is 15.9. The number of benzene rings is 2. The van der Waals surface area contributed by atoms with E-state index < -0.39 is 17.1 Å². The molecule has 0 unspecified atom stereocenters. The maximum Gasteiger partial charge on any atom is 0.336 e. The third kappa shape index (κ3) is 3.72. The fourth-order valence-corrected chi connectivity index (χ4v) is 3.30. The van der Waals surface area contributed by atoms with E-state index in [2.05, 4.69) is 0 Å². The van der Waals surface area contributed by atoms with Crippen molar-refractivity contribution in [1.29, 1.82) is 0 Å². The molecule has 27 heavy (non-hydrogen) atoms. The van der Waals surface area contributed by atoms with Gasteiger partial charge in [0.05, 0.1) is 6.42 Å². The van der Waals surface area contributed by atoms with Gasteiger partial charge in [0, 0.05) is 41.4 Å². The molecule has 0 aliphatic rings. The van der Waals surface area contributed by atoms with Crippen molar-refractivity contribution in [1.82, 2.24) is 0 Å². The highest BCUT2D eigenvalue weighted by atomic mass is 16.4. The second-order valence-electron chi connectivity index (χ2n) is 7.42. The van der Waals surface area contributed by atoms with E-state index >= 15 is 0 Å². The molecule has 1 aromatic heterocycles. The van der Waals surface area contributed by atoms with Gasteiger partial charge in [0.25, 0.3) is 0 Å². The Morgan fingerprint density at radius 2 is 1.81 bits per heavy atom. The molecule has 1 N–H and O–H groups in total. The molecular weight excluding hydrogens is 342 g/mol. The van der Waals surface area contributed by atoms with Crippen LogP contribution in [-0.2, 0) is 4.79 Å². The summed E-state index contributed by atoms with van der Waals surface area (Å²) in [4.78, 5) is 25.2. The number of rotatable bonds is 5. The Balaban J connectivity index is 2.14. The van der Waals surface area contributed by atoms with Gasteiger partial charge in [-0.15, -0.1) is 0 Å². The maximum atomic E-state index is 12.2. The SMILES string of the molecule is Cc1ccccc1-c1cc(=O)oc2cc(N(C)C(C)(C)CC(=O)O)ccc12. The van der Waals surface area contributed by atoms with Gasteiger partial charge in [-0.2, -0.15) is 0 Å². The summed E-state index contributed by atoms with van der Waals surface area (Å²) in [5.41, 5.74) is 3.17. The van der Waals surface area contributed by atoms with Gasteiger partial charge < -0.3 is 14.4 Å². The molecule has 2 aromatic carbocycles. The molecule has 0 amide bonds. The summed E-state index contributed by atoms with van der Waals surface area (Å²) in [5, 5.41) is 10.00. The smallest absolute Gasteiger partial charge is 0.336 e. The second kappa shape index (κ2) is 6.91. The van der Waals surface area contributed by atoms with Gasteiger partial charge in [-0.05, 0) is 44.0 Å². The monoisotopic (exact) mass is 365 g/mol. The first-order chi connectivity index (χ1) is 12.7. The van der Waals surface area contributed by atoms with Crippen molar-refractivity contribution in [2.45, 2.75) is 32.7 Å².